The lowest BCUT2D eigenvalue weighted by molar-refractivity contribution is 0.0706. The largest absolute Gasteiger partial charge is 0.500 e. The summed E-state index contributed by atoms with van der Waals surface area (Å²) >= 11 is 0. The van der Waals surface area contributed by atoms with Crippen LogP contribution in [-0.2, 0) is 13.3 Å². The van der Waals surface area contributed by atoms with E-state index in [9.17, 15) is 0 Å². The molecular weight excluding hydrogens is 260 g/mol. The molecule has 19 heavy (non-hydrogen) atoms. The minimum atomic E-state index is -2.41. The normalized spacial score (nSPS) is 12.0. The molecule has 0 spiro atoms. The highest BCUT2D eigenvalue weighted by molar-refractivity contribution is 6.60. The molecule has 0 aromatic heterocycles. The second-order valence-electron chi connectivity index (χ2n) is 4.33. The van der Waals surface area contributed by atoms with E-state index in [1.165, 1.54) is 6.42 Å². The minimum Gasteiger partial charge on any atom is -0.374 e. The van der Waals surface area contributed by atoms with Gasteiger partial charge in [0, 0.05) is 39.0 Å². The highest BCUT2D eigenvalue weighted by atomic mass is 28.4. The molecule has 0 aromatic rings. The Balaban J connectivity index is 3.89. The zero-order valence-electron chi connectivity index (χ0n) is 12.9. The van der Waals surface area contributed by atoms with Crippen molar-refractivity contribution in [3.05, 3.63) is 0 Å². The van der Waals surface area contributed by atoms with Crippen molar-refractivity contribution in [3.8, 4) is 0 Å². The molecule has 116 valence electrons. The van der Waals surface area contributed by atoms with Crippen LogP contribution in [0.4, 0.5) is 0 Å². The lowest BCUT2D eigenvalue weighted by atomic mass is 10.2. The predicted molar refractivity (Wildman–Crippen MR) is 81.2 cm³/mol. The monoisotopic (exact) mass is 292 g/mol. The Hall–Kier alpha value is 0.0169. The Labute approximate surface area is 119 Å². The van der Waals surface area contributed by atoms with E-state index in [1.54, 1.807) is 0 Å². The van der Waals surface area contributed by atoms with Gasteiger partial charge >= 0.3 is 8.80 Å². The molecule has 0 saturated heterocycles. The van der Waals surface area contributed by atoms with Crippen LogP contribution in [-0.4, -0.2) is 48.3 Å². The summed E-state index contributed by atoms with van der Waals surface area (Å²) in [5, 5.41) is 3.30. The summed E-state index contributed by atoms with van der Waals surface area (Å²) in [6.45, 7) is 10.6. The zero-order chi connectivity index (χ0) is 14.4. The Kier molecular flexibility index (Phi) is 13.0. The SMILES string of the molecule is CCO[Si](CCCCCNCCN)(OCC)OCC. The van der Waals surface area contributed by atoms with Crippen LogP contribution in [0, 0.1) is 0 Å². The van der Waals surface area contributed by atoms with Crippen LogP contribution in [0.25, 0.3) is 0 Å². The maximum absolute atomic E-state index is 5.82. The van der Waals surface area contributed by atoms with E-state index in [0.717, 1.165) is 32.0 Å². The molecule has 0 aromatic carbocycles. The van der Waals surface area contributed by atoms with Gasteiger partial charge in [-0.05, 0) is 40.2 Å². The van der Waals surface area contributed by atoms with Crippen LogP contribution in [0.3, 0.4) is 0 Å². The number of nitrogens with one attached hydrogen (secondary N) is 1. The van der Waals surface area contributed by atoms with Crippen molar-refractivity contribution in [2.24, 2.45) is 5.73 Å². The second-order valence-corrected chi connectivity index (χ2v) is 7.06. The van der Waals surface area contributed by atoms with Crippen molar-refractivity contribution >= 4 is 8.80 Å². The fourth-order valence-corrected chi connectivity index (χ4v) is 4.68. The van der Waals surface area contributed by atoms with Crippen molar-refractivity contribution in [2.45, 2.75) is 46.1 Å². The van der Waals surface area contributed by atoms with Crippen LogP contribution in [0.1, 0.15) is 40.0 Å². The molecule has 3 N–H and O–H groups in total. The lowest BCUT2D eigenvalue weighted by Crippen LogP contribution is -2.45. The van der Waals surface area contributed by atoms with Crippen LogP contribution >= 0.6 is 0 Å². The predicted octanol–water partition coefficient (Wildman–Crippen LogP) is 1.75. The van der Waals surface area contributed by atoms with E-state index >= 15 is 0 Å². The summed E-state index contributed by atoms with van der Waals surface area (Å²) < 4.78 is 17.5. The van der Waals surface area contributed by atoms with Crippen LogP contribution < -0.4 is 11.1 Å². The molecule has 0 radical (unpaired) electrons. The minimum absolute atomic E-state index is 0.657. The van der Waals surface area contributed by atoms with Crippen LogP contribution in [0.5, 0.6) is 0 Å². The standard InChI is InChI=1S/C13H32N2O3Si/c1-4-16-19(17-5-2,18-6-3)13-9-7-8-11-15-12-10-14/h15H,4-14H2,1-3H3. The Morgan fingerprint density at radius 1 is 0.842 bits per heavy atom. The highest BCUT2D eigenvalue weighted by Gasteiger charge is 2.39. The Bertz CT molecular complexity index is 180. The first-order chi connectivity index (χ1) is 9.24. The van der Waals surface area contributed by atoms with Gasteiger partial charge in [0.1, 0.15) is 0 Å². The molecule has 0 aliphatic heterocycles. The first kappa shape index (κ1) is 19.0. The van der Waals surface area contributed by atoms with Crippen molar-refractivity contribution in [3.63, 3.8) is 0 Å². The first-order valence-corrected chi connectivity index (χ1v) is 9.50. The third kappa shape index (κ3) is 9.54. The maximum atomic E-state index is 5.82. The van der Waals surface area contributed by atoms with E-state index in [1.807, 2.05) is 20.8 Å². The number of hydrogen-bond acceptors (Lipinski definition) is 5. The molecule has 5 nitrogen and oxygen atoms in total. The van der Waals surface area contributed by atoms with Crippen molar-refractivity contribution in [2.75, 3.05) is 39.5 Å². The molecule has 0 aliphatic carbocycles. The van der Waals surface area contributed by atoms with Gasteiger partial charge < -0.3 is 24.3 Å². The van der Waals surface area contributed by atoms with Gasteiger partial charge in [-0.25, -0.2) is 0 Å². The molecule has 0 saturated carbocycles. The lowest BCUT2D eigenvalue weighted by Gasteiger charge is -2.28. The highest BCUT2D eigenvalue weighted by Crippen LogP contribution is 2.19. The van der Waals surface area contributed by atoms with Gasteiger partial charge in [-0.3, -0.25) is 0 Å². The summed E-state index contributed by atoms with van der Waals surface area (Å²) in [5.41, 5.74) is 5.42. The third-order valence-electron chi connectivity index (χ3n) is 2.75. The van der Waals surface area contributed by atoms with E-state index < -0.39 is 8.80 Å². The number of rotatable bonds is 14. The molecule has 0 fully saturated rings. The molecule has 0 atom stereocenters. The number of unbranched alkanes of at least 4 members (excludes halogenated alkanes) is 2. The number of hydrogen-bond donors (Lipinski definition) is 2. The summed E-state index contributed by atoms with van der Waals surface area (Å²) in [7, 11) is -2.41. The van der Waals surface area contributed by atoms with E-state index in [0.29, 0.717) is 26.4 Å². The fraction of sp³-hybridized carbons (Fsp3) is 1.00. The summed E-state index contributed by atoms with van der Waals surface area (Å²) in [6, 6.07) is 0.916. The van der Waals surface area contributed by atoms with E-state index in [2.05, 4.69) is 5.32 Å². The molecule has 0 amide bonds. The van der Waals surface area contributed by atoms with Gasteiger partial charge in [0.25, 0.3) is 0 Å². The average molecular weight is 292 g/mol. The first-order valence-electron chi connectivity index (χ1n) is 7.57. The molecule has 0 unspecified atom stereocenters. The van der Waals surface area contributed by atoms with E-state index in [-0.39, 0.29) is 0 Å². The summed E-state index contributed by atoms with van der Waals surface area (Å²) in [5.74, 6) is 0. The third-order valence-corrected chi connectivity index (χ3v) is 5.90. The van der Waals surface area contributed by atoms with Gasteiger partial charge in [0.15, 0.2) is 0 Å². The number of nitrogens with two attached hydrogens (primary N) is 1. The topological polar surface area (TPSA) is 65.7 Å². The van der Waals surface area contributed by atoms with Crippen LogP contribution in [0.2, 0.25) is 6.04 Å². The van der Waals surface area contributed by atoms with Gasteiger partial charge in [0.05, 0.1) is 0 Å². The molecule has 6 heteroatoms. The molecule has 0 bridgehead atoms. The van der Waals surface area contributed by atoms with E-state index in [4.69, 9.17) is 19.0 Å². The molecule has 0 rings (SSSR count). The van der Waals surface area contributed by atoms with Gasteiger partial charge in [-0.1, -0.05) is 6.42 Å². The van der Waals surface area contributed by atoms with Crippen molar-refractivity contribution in [1.29, 1.82) is 0 Å². The summed E-state index contributed by atoms with van der Waals surface area (Å²) in [6.07, 6.45) is 3.42. The fourth-order valence-electron chi connectivity index (χ4n) is 2.00. The Morgan fingerprint density at radius 2 is 1.42 bits per heavy atom. The maximum Gasteiger partial charge on any atom is 0.500 e. The molecular formula is C13H32N2O3Si. The average Bonchev–Trinajstić information content (AvgIpc) is 2.39. The smallest absolute Gasteiger partial charge is 0.374 e. The molecule has 0 aliphatic rings. The van der Waals surface area contributed by atoms with Gasteiger partial charge in [-0.2, -0.15) is 0 Å². The van der Waals surface area contributed by atoms with Crippen molar-refractivity contribution in [1.82, 2.24) is 5.32 Å². The van der Waals surface area contributed by atoms with Crippen LogP contribution in [0.15, 0.2) is 0 Å². The second kappa shape index (κ2) is 13.0. The Morgan fingerprint density at radius 3 is 1.89 bits per heavy atom. The quantitative estimate of drug-likeness (QED) is 0.377. The zero-order valence-corrected chi connectivity index (χ0v) is 13.9. The van der Waals surface area contributed by atoms with Gasteiger partial charge in [0.2, 0.25) is 0 Å². The van der Waals surface area contributed by atoms with Gasteiger partial charge in [-0.15, -0.1) is 0 Å². The summed E-state index contributed by atoms with van der Waals surface area (Å²) in [4.78, 5) is 0. The van der Waals surface area contributed by atoms with Crippen molar-refractivity contribution < 1.29 is 13.3 Å². The molecule has 0 heterocycles.